The first kappa shape index (κ1) is 10.8. The predicted molar refractivity (Wildman–Crippen MR) is 62.0 cm³/mol. The number of amides is 1. The van der Waals surface area contributed by atoms with Crippen LogP contribution in [0.25, 0.3) is 0 Å². The van der Waals surface area contributed by atoms with E-state index in [1.807, 2.05) is 4.90 Å². The lowest BCUT2D eigenvalue weighted by molar-refractivity contribution is -0.119. The summed E-state index contributed by atoms with van der Waals surface area (Å²) in [5, 5.41) is 2.73. The highest BCUT2D eigenvalue weighted by Crippen LogP contribution is 2.36. The molecule has 0 aliphatic carbocycles. The van der Waals surface area contributed by atoms with Crippen molar-refractivity contribution in [3.05, 3.63) is 23.0 Å². The third-order valence-corrected chi connectivity index (χ3v) is 3.33. The number of carbonyl (C=O) groups is 1. The summed E-state index contributed by atoms with van der Waals surface area (Å²) in [5.41, 5.74) is 1.22. The third kappa shape index (κ3) is 1.66. The van der Waals surface area contributed by atoms with E-state index in [4.69, 9.17) is 16.3 Å². The van der Waals surface area contributed by atoms with Crippen LogP contribution in [0.15, 0.2) is 12.1 Å². The normalized spacial score (nSPS) is 22.8. The van der Waals surface area contributed by atoms with Gasteiger partial charge in [0.05, 0.1) is 29.6 Å². The van der Waals surface area contributed by atoms with Crippen LogP contribution in [0.4, 0.5) is 15.8 Å². The number of nitrogens with one attached hydrogen (secondary N) is 1. The molecule has 1 atom stereocenters. The number of anilines is 2. The Kier molecular flexibility index (Phi) is 2.45. The number of hydrogen-bond acceptors (Lipinski definition) is 3. The molecule has 1 aromatic carbocycles. The van der Waals surface area contributed by atoms with Crippen molar-refractivity contribution in [1.82, 2.24) is 0 Å². The summed E-state index contributed by atoms with van der Waals surface area (Å²) in [6.07, 6.45) is 0. The van der Waals surface area contributed by atoms with Gasteiger partial charge in [-0.15, -0.1) is 0 Å². The highest BCUT2D eigenvalue weighted by molar-refractivity contribution is 6.31. The van der Waals surface area contributed by atoms with Crippen molar-refractivity contribution < 1.29 is 13.9 Å². The number of benzene rings is 1. The Morgan fingerprint density at radius 1 is 1.53 bits per heavy atom. The highest BCUT2D eigenvalue weighted by atomic mass is 35.5. The number of rotatable bonds is 0. The molecule has 0 aromatic heterocycles. The summed E-state index contributed by atoms with van der Waals surface area (Å²) in [6.45, 7) is 1.51. The van der Waals surface area contributed by atoms with E-state index in [2.05, 4.69) is 5.32 Å². The molecular weight excluding hydrogens is 247 g/mol. The predicted octanol–water partition coefficient (Wildman–Crippen LogP) is 1.64. The number of ether oxygens (including phenoxy) is 1. The molecule has 3 rings (SSSR count). The Morgan fingerprint density at radius 3 is 3.18 bits per heavy atom. The van der Waals surface area contributed by atoms with E-state index in [0.717, 1.165) is 5.69 Å². The number of carbonyl (C=O) groups excluding carboxylic acids is 1. The van der Waals surface area contributed by atoms with Gasteiger partial charge in [-0.2, -0.15) is 0 Å². The monoisotopic (exact) mass is 256 g/mol. The third-order valence-electron chi connectivity index (χ3n) is 3.04. The molecule has 1 saturated heterocycles. The number of halogens is 2. The number of nitrogens with zero attached hydrogens (tertiary/aromatic N) is 1. The Labute approximate surface area is 102 Å². The van der Waals surface area contributed by atoms with Gasteiger partial charge in [0.1, 0.15) is 11.9 Å². The Bertz CT molecular complexity index is 495. The zero-order chi connectivity index (χ0) is 12.0. The van der Waals surface area contributed by atoms with Gasteiger partial charge in [-0.05, 0) is 6.07 Å². The fraction of sp³-hybridized carbons (Fsp3) is 0.364. The van der Waals surface area contributed by atoms with Gasteiger partial charge in [0.15, 0.2) is 0 Å². The van der Waals surface area contributed by atoms with Crippen molar-refractivity contribution in [2.75, 3.05) is 30.0 Å². The van der Waals surface area contributed by atoms with Gasteiger partial charge >= 0.3 is 0 Å². The number of fused-ring (bicyclic) bond motifs is 3. The van der Waals surface area contributed by atoms with E-state index in [9.17, 15) is 9.18 Å². The zero-order valence-corrected chi connectivity index (χ0v) is 9.63. The molecule has 4 nitrogen and oxygen atoms in total. The smallest absolute Gasteiger partial charge is 0.249 e. The van der Waals surface area contributed by atoms with E-state index < -0.39 is 5.82 Å². The molecule has 2 aliphatic rings. The molecule has 1 N–H and O–H groups in total. The van der Waals surface area contributed by atoms with Crippen molar-refractivity contribution in [2.24, 2.45) is 0 Å². The molecule has 1 aromatic rings. The second-order valence-corrected chi connectivity index (χ2v) is 4.46. The van der Waals surface area contributed by atoms with Crippen molar-refractivity contribution in [1.29, 1.82) is 0 Å². The van der Waals surface area contributed by atoms with E-state index in [1.165, 1.54) is 6.07 Å². The molecule has 1 amide bonds. The molecule has 6 heteroatoms. The average Bonchev–Trinajstić information content (AvgIpc) is 2.32. The summed E-state index contributed by atoms with van der Waals surface area (Å²) in [5.74, 6) is -0.698. The topological polar surface area (TPSA) is 41.6 Å². The summed E-state index contributed by atoms with van der Waals surface area (Å²) < 4.78 is 18.6. The first-order chi connectivity index (χ1) is 8.16. The van der Waals surface area contributed by atoms with Gasteiger partial charge in [0.2, 0.25) is 5.91 Å². The molecule has 1 unspecified atom stereocenters. The van der Waals surface area contributed by atoms with Crippen LogP contribution in [0.3, 0.4) is 0 Å². The molecule has 1 fully saturated rings. The largest absolute Gasteiger partial charge is 0.377 e. The highest BCUT2D eigenvalue weighted by Gasteiger charge is 2.35. The molecule has 90 valence electrons. The molecular formula is C11H10ClFN2O2. The summed E-state index contributed by atoms with van der Waals surface area (Å²) in [4.78, 5) is 13.7. The fourth-order valence-corrected chi connectivity index (χ4v) is 2.36. The quantitative estimate of drug-likeness (QED) is 0.767. The molecule has 0 spiro atoms. The maximum absolute atomic E-state index is 13.3. The lowest BCUT2D eigenvalue weighted by Crippen LogP contribution is -2.54. The molecule has 2 heterocycles. The van der Waals surface area contributed by atoms with E-state index >= 15 is 0 Å². The van der Waals surface area contributed by atoms with Crippen molar-refractivity contribution in [3.63, 3.8) is 0 Å². The summed E-state index contributed by atoms with van der Waals surface area (Å²) in [6, 6.07) is 2.45. The minimum absolute atomic E-state index is 0.0603. The lowest BCUT2D eigenvalue weighted by atomic mass is 10.1. The van der Waals surface area contributed by atoms with Gasteiger partial charge in [-0.25, -0.2) is 4.39 Å². The van der Waals surface area contributed by atoms with Crippen LogP contribution in [0.2, 0.25) is 5.02 Å². The Hall–Kier alpha value is -1.33. The Morgan fingerprint density at radius 2 is 2.35 bits per heavy atom. The SMILES string of the molecule is O=C1Nc2cc(F)c(Cl)cc2N2CCOCC12. The van der Waals surface area contributed by atoms with Crippen LogP contribution >= 0.6 is 11.6 Å². The van der Waals surface area contributed by atoms with Crippen LogP contribution in [-0.2, 0) is 9.53 Å². The van der Waals surface area contributed by atoms with Gasteiger partial charge in [-0.3, -0.25) is 4.79 Å². The maximum Gasteiger partial charge on any atom is 0.249 e. The van der Waals surface area contributed by atoms with Gasteiger partial charge < -0.3 is 15.0 Å². The molecule has 2 aliphatic heterocycles. The maximum atomic E-state index is 13.3. The molecule has 0 bridgehead atoms. The van der Waals surface area contributed by atoms with Crippen LogP contribution in [0.1, 0.15) is 0 Å². The lowest BCUT2D eigenvalue weighted by Gasteiger charge is -2.40. The fourth-order valence-electron chi connectivity index (χ4n) is 2.20. The van der Waals surface area contributed by atoms with Crippen LogP contribution in [-0.4, -0.2) is 31.7 Å². The zero-order valence-electron chi connectivity index (χ0n) is 8.87. The Balaban J connectivity index is 2.10. The van der Waals surface area contributed by atoms with E-state index in [1.54, 1.807) is 6.07 Å². The van der Waals surface area contributed by atoms with Crippen LogP contribution in [0, 0.1) is 5.82 Å². The molecule has 17 heavy (non-hydrogen) atoms. The summed E-state index contributed by atoms with van der Waals surface area (Å²) >= 11 is 5.77. The van der Waals surface area contributed by atoms with Gasteiger partial charge in [-0.1, -0.05) is 11.6 Å². The van der Waals surface area contributed by atoms with Crippen LogP contribution < -0.4 is 10.2 Å². The van der Waals surface area contributed by atoms with Crippen LogP contribution in [0.5, 0.6) is 0 Å². The van der Waals surface area contributed by atoms with Gasteiger partial charge in [0, 0.05) is 12.6 Å². The number of hydrogen-bond donors (Lipinski definition) is 1. The van der Waals surface area contributed by atoms with Crippen molar-refractivity contribution in [2.45, 2.75) is 6.04 Å². The van der Waals surface area contributed by atoms with Crippen molar-refractivity contribution in [3.8, 4) is 0 Å². The second-order valence-electron chi connectivity index (χ2n) is 4.06. The van der Waals surface area contributed by atoms with Gasteiger partial charge in [0.25, 0.3) is 0 Å². The first-order valence-electron chi connectivity index (χ1n) is 5.31. The standard InChI is InChI=1S/C11H10ClFN2O2/c12-6-3-9-8(4-7(6)13)14-11(16)10-5-17-2-1-15(9)10/h3-4,10H,1-2,5H2,(H,14,16). The van der Waals surface area contributed by atoms with E-state index in [0.29, 0.717) is 25.4 Å². The number of morpholine rings is 1. The van der Waals surface area contributed by atoms with Crippen molar-refractivity contribution >= 4 is 28.9 Å². The summed E-state index contributed by atoms with van der Waals surface area (Å²) in [7, 11) is 0. The molecule has 0 radical (unpaired) electrons. The average molecular weight is 257 g/mol. The first-order valence-corrected chi connectivity index (χ1v) is 5.69. The minimum Gasteiger partial charge on any atom is -0.377 e. The second kappa shape index (κ2) is 3.85. The molecule has 0 saturated carbocycles. The van der Waals surface area contributed by atoms with E-state index in [-0.39, 0.29) is 17.0 Å². The minimum atomic E-state index is -0.530.